The van der Waals surface area contributed by atoms with E-state index in [1.807, 2.05) is 0 Å². The molecule has 0 spiro atoms. The fraction of sp³-hybridized carbons (Fsp3) is 0.412. The van der Waals surface area contributed by atoms with Crippen LogP contribution in [0.15, 0.2) is 24.3 Å². The topological polar surface area (TPSA) is 108 Å². The summed E-state index contributed by atoms with van der Waals surface area (Å²) in [6, 6.07) is 5.14. The smallest absolute Gasteiger partial charge is 0.251 e. The van der Waals surface area contributed by atoms with E-state index >= 15 is 0 Å². The summed E-state index contributed by atoms with van der Waals surface area (Å²) in [5.74, 6) is 0.743. The van der Waals surface area contributed by atoms with E-state index in [9.17, 15) is 24.2 Å². The second kappa shape index (κ2) is 8.58. The number of aliphatic hydroxyl groups excluding tert-OH is 2. The molecule has 4 atom stereocenters. The number of hydrogen-bond acceptors (Lipinski definition) is 5. The quantitative estimate of drug-likeness (QED) is 0.502. The van der Waals surface area contributed by atoms with Crippen molar-refractivity contribution in [3.63, 3.8) is 0 Å². The normalized spacial score (nSPS) is 25.2. The van der Waals surface area contributed by atoms with Crippen LogP contribution in [0.3, 0.4) is 0 Å². The second-order valence-corrected chi connectivity index (χ2v) is 5.60. The van der Waals surface area contributed by atoms with Gasteiger partial charge in [-0.3, -0.25) is 9.59 Å². The Hall–Kier alpha value is -2.47. The molecule has 4 N–H and O–H groups in total. The predicted octanol–water partition coefficient (Wildman–Crippen LogP) is -0.816. The zero-order valence-corrected chi connectivity index (χ0v) is 13.3. The van der Waals surface area contributed by atoms with Crippen molar-refractivity contribution in [3.8, 4) is 12.3 Å². The summed E-state index contributed by atoms with van der Waals surface area (Å²) in [7, 11) is 0. The number of benzene rings is 1. The summed E-state index contributed by atoms with van der Waals surface area (Å²) in [5.41, 5.74) is 0.123. The highest BCUT2D eigenvalue weighted by Gasteiger charge is 2.43. The third kappa shape index (κ3) is 5.00. The molecule has 1 aromatic carbocycles. The van der Waals surface area contributed by atoms with Gasteiger partial charge in [0.25, 0.3) is 5.91 Å². The molecule has 8 heteroatoms. The van der Waals surface area contributed by atoms with Crippen molar-refractivity contribution in [2.75, 3.05) is 13.1 Å². The fourth-order valence-corrected chi connectivity index (χ4v) is 2.49. The Balaban J connectivity index is 1.87. The van der Waals surface area contributed by atoms with E-state index in [0.717, 1.165) is 6.07 Å². The van der Waals surface area contributed by atoms with Crippen LogP contribution < -0.4 is 10.6 Å². The number of aliphatic hydroxyl groups is 2. The van der Waals surface area contributed by atoms with Gasteiger partial charge >= 0.3 is 0 Å². The molecule has 1 aliphatic rings. The number of nitrogens with one attached hydrogen (secondary N) is 2. The SMILES string of the molecule is C#CCNC(=O)CC1OC(CNC(=O)c2cccc(F)c2)C(O)C1O. The first kappa shape index (κ1) is 18.9. The van der Waals surface area contributed by atoms with Crippen molar-refractivity contribution in [2.24, 2.45) is 0 Å². The molecule has 4 unspecified atom stereocenters. The van der Waals surface area contributed by atoms with Crippen LogP contribution in [0.2, 0.25) is 0 Å². The van der Waals surface area contributed by atoms with E-state index in [0.29, 0.717) is 0 Å². The largest absolute Gasteiger partial charge is 0.388 e. The lowest BCUT2D eigenvalue weighted by atomic mass is 10.1. The number of carbonyl (C=O) groups is 2. The Kier molecular flexibility index (Phi) is 6.47. The van der Waals surface area contributed by atoms with Gasteiger partial charge < -0.3 is 25.6 Å². The Morgan fingerprint density at radius 2 is 1.96 bits per heavy atom. The van der Waals surface area contributed by atoms with E-state index in [4.69, 9.17) is 11.2 Å². The molecule has 1 aliphatic heterocycles. The number of hydrogen-bond donors (Lipinski definition) is 4. The molecule has 25 heavy (non-hydrogen) atoms. The van der Waals surface area contributed by atoms with Crippen molar-refractivity contribution < 1.29 is 28.9 Å². The summed E-state index contributed by atoms with van der Waals surface area (Å²) in [4.78, 5) is 23.6. The highest BCUT2D eigenvalue weighted by atomic mass is 19.1. The second-order valence-electron chi connectivity index (χ2n) is 5.60. The Labute approximate surface area is 144 Å². The summed E-state index contributed by atoms with van der Waals surface area (Å²) in [6.45, 7) is -0.0482. The van der Waals surface area contributed by atoms with Crippen LogP contribution in [0.1, 0.15) is 16.8 Å². The maximum atomic E-state index is 13.1. The van der Waals surface area contributed by atoms with E-state index < -0.39 is 42.0 Å². The number of ether oxygens (including phenoxy) is 1. The van der Waals surface area contributed by atoms with Crippen LogP contribution in [0.5, 0.6) is 0 Å². The fourth-order valence-electron chi connectivity index (χ4n) is 2.49. The van der Waals surface area contributed by atoms with Gasteiger partial charge in [-0.05, 0) is 18.2 Å². The molecule has 1 heterocycles. The number of rotatable bonds is 6. The molecule has 0 saturated carbocycles. The summed E-state index contributed by atoms with van der Waals surface area (Å²) >= 11 is 0. The lowest BCUT2D eigenvalue weighted by Crippen LogP contribution is -2.40. The molecule has 1 aromatic rings. The molecule has 2 rings (SSSR count). The van der Waals surface area contributed by atoms with Gasteiger partial charge in [0, 0.05) is 12.1 Å². The van der Waals surface area contributed by atoms with Gasteiger partial charge in [-0.25, -0.2) is 4.39 Å². The first-order valence-electron chi connectivity index (χ1n) is 7.68. The number of halogens is 1. The monoisotopic (exact) mass is 350 g/mol. The van der Waals surface area contributed by atoms with Crippen molar-refractivity contribution in [3.05, 3.63) is 35.6 Å². The standard InChI is InChI=1S/C17H19FN2O5/c1-2-6-19-14(21)8-12-15(22)16(23)13(25-12)9-20-17(24)10-4-3-5-11(18)7-10/h1,3-5,7,12-13,15-16,22-23H,6,8-9H2,(H,19,21)(H,20,24). The van der Waals surface area contributed by atoms with E-state index in [1.54, 1.807) is 0 Å². The van der Waals surface area contributed by atoms with Crippen LogP contribution in [-0.2, 0) is 9.53 Å². The maximum Gasteiger partial charge on any atom is 0.251 e. The van der Waals surface area contributed by atoms with Gasteiger partial charge in [0.1, 0.15) is 24.1 Å². The van der Waals surface area contributed by atoms with Crippen LogP contribution in [0, 0.1) is 18.2 Å². The minimum absolute atomic E-state index is 0.0529. The maximum absolute atomic E-state index is 13.1. The molecule has 0 bridgehead atoms. The molecule has 0 radical (unpaired) electrons. The molecule has 2 amide bonds. The molecule has 0 aromatic heterocycles. The minimum atomic E-state index is -1.27. The van der Waals surface area contributed by atoms with Crippen molar-refractivity contribution in [2.45, 2.75) is 30.8 Å². The molecule has 0 aliphatic carbocycles. The van der Waals surface area contributed by atoms with Gasteiger partial charge in [0.2, 0.25) is 5.91 Å². The third-order valence-corrected chi connectivity index (χ3v) is 3.79. The Bertz CT molecular complexity index is 675. The van der Waals surface area contributed by atoms with Gasteiger partial charge in [0.05, 0.1) is 19.1 Å². The van der Waals surface area contributed by atoms with Gasteiger partial charge in [-0.1, -0.05) is 12.0 Å². The number of amides is 2. The van der Waals surface area contributed by atoms with Crippen molar-refractivity contribution in [1.82, 2.24) is 10.6 Å². The third-order valence-electron chi connectivity index (χ3n) is 3.79. The molecule has 134 valence electrons. The van der Waals surface area contributed by atoms with E-state index in [2.05, 4.69) is 16.6 Å². The molecule has 1 fully saturated rings. The Morgan fingerprint density at radius 1 is 1.24 bits per heavy atom. The molecule has 1 saturated heterocycles. The van der Waals surface area contributed by atoms with Gasteiger partial charge in [0.15, 0.2) is 0 Å². The predicted molar refractivity (Wildman–Crippen MR) is 85.9 cm³/mol. The molecular weight excluding hydrogens is 331 g/mol. The number of terminal acetylenes is 1. The highest BCUT2D eigenvalue weighted by molar-refractivity contribution is 5.94. The van der Waals surface area contributed by atoms with E-state index in [-0.39, 0.29) is 25.1 Å². The highest BCUT2D eigenvalue weighted by Crippen LogP contribution is 2.23. The average Bonchev–Trinajstić information content (AvgIpc) is 2.85. The van der Waals surface area contributed by atoms with E-state index in [1.165, 1.54) is 18.2 Å². The lowest BCUT2D eigenvalue weighted by molar-refractivity contribution is -0.124. The van der Waals surface area contributed by atoms with Crippen molar-refractivity contribution >= 4 is 11.8 Å². The van der Waals surface area contributed by atoms with Crippen LogP contribution >= 0.6 is 0 Å². The molecule has 7 nitrogen and oxygen atoms in total. The van der Waals surface area contributed by atoms with Gasteiger partial charge in [-0.15, -0.1) is 6.42 Å². The van der Waals surface area contributed by atoms with Crippen LogP contribution in [-0.4, -0.2) is 59.5 Å². The Morgan fingerprint density at radius 3 is 2.64 bits per heavy atom. The minimum Gasteiger partial charge on any atom is -0.388 e. The van der Waals surface area contributed by atoms with Crippen LogP contribution in [0.25, 0.3) is 0 Å². The first-order chi connectivity index (χ1) is 11.9. The van der Waals surface area contributed by atoms with Gasteiger partial charge in [-0.2, -0.15) is 0 Å². The summed E-state index contributed by atoms with van der Waals surface area (Å²) < 4.78 is 18.6. The zero-order chi connectivity index (χ0) is 18.4. The zero-order valence-electron chi connectivity index (χ0n) is 13.3. The van der Waals surface area contributed by atoms with Crippen molar-refractivity contribution in [1.29, 1.82) is 0 Å². The summed E-state index contributed by atoms with van der Waals surface area (Å²) in [6.07, 6.45) is 0.520. The number of carbonyl (C=O) groups excluding carboxylic acids is 2. The molecular formula is C17H19FN2O5. The first-order valence-corrected chi connectivity index (χ1v) is 7.68. The summed E-state index contributed by atoms with van der Waals surface area (Å²) in [5, 5.41) is 24.9. The van der Waals surface area contributed by atoms with Crippen LogP contribution in [0.4, 0.5) is 4.39 Å². The average molecular weight is 350 g/mol. The lowest BCUT2D eigenvalue weighted by Gasteiger charge is -2.15.